The summed E-state index contributed by atoms with van der Waals surface area (Å²) in [5.74, 6) is 2.16. The van der Waals surface area contributed by atoms with Crippen molar-refractivity contribution in [1.82, 2.24) is 39.6 Å². The number of hydrogen-bond acceptors (Lipinski definition) is 10. The molecule has 38 heavy (non-hydrogen) atoms. The quantitative estimate of drug-likeness (QED) is 0.202. The lowest BCUT2D eigenvalue weighted by molar-refractivity contribution is 0.476. The van der Waals surface area contributed by atoms with E-state index >= 15 is 0 Å². The minimum atomic E-state index is 0.219. The molecule has 0 bridgehead atoms. The molecule has 0 unspecified atom stereocenters. The zero-order valence-corrected chi connectivity index (χ0v) is 22.2. The number of unbranched alkanes of at least 4 members (excludes halogenated alkanes) is 5. The SMILES string of the molecule is Oc1ccccc1-c1nn2c(CCCCCCCCc3nnc4sc(-c5ccccc5O)nn34)nnc2s1. The van der Waals surface area contributed by atoms with Gasteiger partial charge in [0.15, 0.2) is 21.7 Å². The van der Waals surface area contributed by atoms with Crippen molar-refractivity contribution in [3.05, 3.63) is 60.2 Å². The maximum Gasteiger partial charge on any atom is 0.234 e. The molecule has 0 radical (unpaired) electrons. The highest BCUT2D eigenvalue weighted by atomic mass is 32.1. The van der Waals surface area contributed by atoms with E-state index in [9.17, 15) is 10.2 Å². The van der Waals surface area contributed by atoms with E-state index in [0.29, 0.717) is 11.1 Å². The number of nitrogens with zero attached hydrogens (tertiary/aromatic N) is 8. The first-order valence-corrected chi connectivity index (χ1v) is 14.3. The number of para-hydroxylation sites is 2. The molecule has 0 spiro atoms. The first-order valence-electron chi connectivity index (χ1n) is 12.7. The van der Waals surface area contributed by atoms with Gasteiger partial charge in [-0.15, -0.1) is 20.4 Å². The second kappa shape index (κ2) is 10.8. The van der Waals surface area contributed by atoms with Crippen LogP contribution in [0, 0.1) is 0 Å². The Labute approximate surface area is 226 Å². The zero-order valence-electron chi connectivity index (χ0n) is 20.6. The van der Waals surface area contributed by atoms with E-state index in [-0.39, 0.29) is 11.5 Å². The van der Waals surface area contributed by atoms with Crippen LogP contribution in [0.5, 0.6) is 11.5 Å². The lowest BCUT2D eigenvalue weighted by Gasteiger charge is -2.01. The van der Waals surface area contributed by atoms with Crippen LogP contribution in [0.4, 0.5) is 0 Å². The number of rotatable bonds is 11. The Kier molecular flexibility index (Phi) is 6.97. The Bertz CT molecular complexity index is 1560. The highest BCUT2D eigenvalue weighted by Gasteiger charge is 2.16. The van der Waals surface area contributed by atoms with Gasteiger partial charge in [-0.05, 0) is 37.1 Å². The molecule has 0 amide bonds. The first kappa shape index (κ1) is 24.4. The van der Waals surface area contributed by atoms with Gasteiger partial charge in [-0.2, -0.15) is 19.2 Å². The molecule has 2 N–H and O–H groups in total. The van der Waals surface area contributed by atoms with Gasteiger partial charge in [0.2, 0.25) is 9.92 Å². The Balaban J connectivity index is 0.948. The molecule has 4 aromatic heterocycles. The van der Waals surface area contributed by atoms with E-state index in [0.717, 1.165) is 83.0 Å². The number of fused-ring (bicyclic) bond motifs is 2. The Morgan fingerprint density at radius 2 is 0.974 bits per heavy atom. The molecule has 12 heteroatoms. The molecule has 0 aliphatic rings. The highest BCUT2D eigenvalue weighted by Crippen LogP contribution is 2.33. The normalized spacial score (nSPS) is 11.7. The average molecular weight is 547 g/mol. The van der Waals surface area contributed by atoms with E-state index in [1.165, 1.54) is 22.7 Å². The van der Waals surface area contributed by atoms with Crippen LogP contribution in [-0.4, -0.2) is 49.8 Å². The molecular formula is C26H26N8O2S2. The van der Waals surface area contributed by atoms with Gasteiger partial charge >= 0.3 is 0 Å². The van der Waals surface area contributed by atoms with E-state index in [2.05, 4.69) is 30.6 Å². The summed E-state index contributed by atoms with van der Waals surface area (Å²) in [4.78, 5) is 1.49. The fourth-order valence-corrected chi connectivity index (χ4v) is 6.21. The van der Waals surface area contributed by atoms with E-state index < -0.39 is 0 Å². The van der Waals surface area contributed by atoms with Crippen LogP contribution >= 0.6 is 22.7 Å². The molecule has 6 aromatic rings. The Morgan fingerprint density at radius 1 is 0.553 bits per heavy atom. The van der Waals surface area contributed by atoms with E-state index in [1.54, 1.807) is 33.3 Å². The smallest absolute Gasteiger partial charge is 0.234 e. The summed E-state index contributed by atoms with van der Waals surface area (Å²) >= 11 is 2.86. The summed E-state index contributed by atoms with van der Waals surface area (Å²) in [5.41, 5.74) is 1.43. The molecule has 0 saturated carbocycles. The zero-order chi connectivity index (χ0) is 25.9. The van der Waals surface area contributed by atoms with Gasteiger partial charge in [0, 0.05) is 12.8 Å². The fraction of sp³-hybridized carbons (Fsp3) is 0.308. The van der Waals surface area contributed by atoms with Gasteiger partial charge in [-0.1, -0.05) is 72.6 Å². The van der Waals surface area contributed by atoms with Gasteiger partial charge in [0.25, 0.3) is 0 Å². The van der Waals surface area contributed by atoms with Crippen molar-refractivity contribution in [3.8, 4) is 32.6 Å². The summed E-state index contributed by atoms with van der Waals surface area (Å²) < 4.78 is 3.60. The lowest BCUT2D eigenvalue weighted by atomic mass is 10.1. The number of aryl methyl sites for hydroxylation is 2. The molecule has 2 aromatic carbocycles. The summed E-state index contributed by atoms with van der Waals surface area (Å²) in [7, 11) is 0. The van der Waals surface area contributed by atoms with Crippen LogP contribution < -0.4 is 0 Å². The van der Waals surface area contributed by atoms with Crippen molar-refractivity contribution < 1.29 is 10.2 Å². The first-order chi connectivity index (χ1) is 18.7. The van der Waals surface area contributed by atoms with E-state index in [1.807, 2.05) is 24.3 Å². The molecule has 194 valence electrons. The van der Waals surface area contributed by atoms with Crippen molar-refractivity contribution in [2.75, 3.05) is 0 Å². The molecule has 10 nitrogen and oxygen atoms in total. The third-order valence-electron chi connectivity index (χ3n) is 6.43. The van der Waals surface area contributed by atoms with Gasteiger partial charge in [-0.25, -0.2) is 0 Å². The Morgan fingerprint density at radius 3 is 1.42 bits per heavy atom. The number of benzene rings is 2. The van der Waals surface area contributed by atoms with Crippen LogP contribution in [0.2, 0.25) is 0 Å². The van der Waals surface area contributed by atoms with Crippen LogP contribution in [0.15, 0.2) is 48.5 Å². The number of phenols is 2. The fourth-order valence-electron chi connectivity index (χ4n) is 4.43. The number of aromatic hydroxyl groups is 2. The third-order valence-corrected chi connectivity index (χ3v) is 8.29. The number of aromatic nitrogens is 8. The van der Waals surface area contributed by atoms with Crippen molar-refractivity contribution in [2.45, 2.75) is 51.4 Å². The van der Waals surface area contributed by atoms with Crippen molar-refractivity contribution in [3.63, 3.8) is 0 Å². The molecule has 0 aliphatic heterocycles. The van der Waals surface area contributed by atoms with E-state index in [4.69, 9.17) is 0 Å². The summed E-state index contributed by atoms with van der Waals surface area (Å²) in [6, 6.07) is 14.4. The van der Waals surface area contributed by atoms with Crippen molar-refractivity contribution >= 4 is 32.6 Å². The maximum atomic E-state index is 10.1. The maximum absolute atomic E-state index is 10.1. The van der Waals surface area contributed by atoms with Crippen LogP contribution in [0.25, 0.3) is 31.1 Å². The lowest BCUT2D eigenvalue weighted by Crippen LogP contribution is -1.97. The molecule has 0 aliphatic carbocycles. The molecular weight excluding hydrogens is 520 g/mol. The topological polar surface area (TPSA) is 127 Å². The minimum absolute atomic E-state index is 0.219. The summed E-state index contributed by atoms with van der Waals surface area (Å²) in [6.07, 6.45) is 8.27. The van der Waals surface area contributed by atoms with Crippen LogP contribution in [0.3, 0.4) is 0 Å². The molecule has 0 fully saturated rings. The highest BCUT2D eigenvalue weighted by molar-refractivity contribution is 7.20. The van der Waals surface area contributed by atoms with Gasteiger partial charge in [0.1, 0.15) is 11.5 Å². The van der Waals surface area contributed by atoms with Crippen LogP contribution in [-0.2, 0) is 12.8 Å². The largest absolute Gasteiger partial charge is 0.507 e. The average Bonchev–Trinajstić information content (AvgIpc) is 3.69. The molecule has 6 rings (SSSR count). The van der Waals surface area contributed by atoms with Crippen LogP contribution in [0.1, 0.15) is 50.2 Å². The third kappa shape index (κ3) is 4.96. The second-order valence-electron chi connectivity index (χ2n) is 9.09. The standard InChI is InChI=1S/C26H26N8O2S2/c35-19-13-9-7-11-17(19)23-31-33-21(27-29-25(33)37-23)15-5-3-1-2-4-6-16-22-28-30-26-34(22)32-24(38-26)18-12-8-10-14-20(18)36/h7-14,35-36H,1-6,15-16H2. The predicted octanol–water partition coefficient (Wildman–Crippen LogP) is 5.56. The van der Waals surface area contributed by atoms with Gasteiger partial charge < -0.3 is 10.2 Å². The minimum Gasteiger partial charge on any atom is -0.507 e. The van der Waals surface area contributed by atoms with Gasteiger partial charge in [-0.3, -0.25) is 0 Å². The molecule has 4 heterocycles. The monoisotopic (exact) mass is 546 g/mol. The van der Waals surface area contributed by atoms with Gasteiger partial charge in [0.05, 0.1) is 11.1 Å². The Hall–Kier alpha value is -3.90. The molecule has 0 atom stereocenters. The van der Waals surface area contributed by atoms with Crippen molar-refractivity contribution in [2.24, 2.45) is 0 Å². The summed E-state index contributed by atoms with van der Waals surface area (Å²) in [6.45, 7) is 0. The molecule has 0 saturated heterocycles. The summed E-state index contributed by atoms with van der Waals surface area (Å²) in [5, 5.41) is 48.1. The number of phenolic OH excluding ortho intramolecular Hbond substituents is 2. The second-order valence-corrected chi connectivity index (χ2v) is 11.0. The predicted molar refractivity (Wildman–Crippen MR) is 147 cm³/mol. The number of hydrogen-bond donors (Lipinski definition) is 2. The van der Waals surface area contributed by atoms with Crippen molar-refractivity contribution in [1.29, 1.82) is 0 Å².